The molecule has 0 aromatic rings. The molecule has 0 rings (SSSR count). The molecule has 0 spiro atoms. The summed E-state index contributed by atoms with van der Waals surface area (Å²) in [6.07, 6.45) is 22.0. The second-order valence-electron chi connectivity index (χ2n) is 5.91. The molecule has 0 amide bonds. The first kappa shape index (κ1) is 24.5. The van der Waals surface area contributed by atoms with Crippen LogP contribution in [-0.4, -0.2) is 42.6 Å². The van der Waals surface area contributed by atoms with Gasteiger partial charge in [0.2, 0.25) is 0 Å². The number of carbonyl (C=O) groups excluding carboxylic acids is 1. The summed E-state index contributed by atoms with van der Waals surface area (Å²) in [7, 11) is 1.46. The van der Waals surface area contributed by atoms with E-state index >= 15 is 0 Å². The van der Waals surface area contributed by atoms with Crippen LogP contribution >= 0.6 is 0 Å². The molecule has 0 saturated carbocycles. The summed E-state index contributed by atoms with van der Waals surface area (Å²) < 4.78 is 4.62. The molecular formula is C19H36NaO2. The third-order valence-corrected chi connectivity index (χ3v) is 3.87. The first-order valence-electron chi connectivity index (χ1n) is 9.03. The van der Waals surface area contributed by atoms with Gasteiger partial charge in [-0.15, -0.1) is 0 Å². The molecule has 0 N–H and O–H groups in total. The van der Waals surface area contributed by atoms with Gasteiger partial charge >= 0.3 is 5.97 Å². The van der Waals surface area contributed by atoms with E-state index in [1.54, 1.807) is 0 Å². The molecule has 0 atom stereocenters. The largest absolute Gasteiger partial charge is 0.469 e. The second kappa shape index (κ2) is 21.2. The summed E-state index contributed by atoms with van der Waals surface area (Å²) in [6, 6.07) is 0. The maximum atomic E-state index is 10.9. The van der Waals surface area contributed by atoms with Gasteiger partial charge in [0.1, 0.15) is 0 Å². The van der Waals surface area contributed by atoms with Gasteiger partial charge in [-0.2, -0.15) is 0 Å². The van der Waals surface area contributed by atoms with Gasteiger partial charge in [0, 0.05) is 36.0 Å². The van der Waals surface area contributed by atoms with Crippen LogP contribution in [0.1, 0.15) is 96.8 Å². The molecule has 0 saturated heterocycles. The Bertz CT molecular complexity index is 252. The van der Waals surface area contributed by atoms with Crippen molar-refractivity contribution >= 4 is 35.5 Å². The fourth-order valence-electron chi connectivity index (χ4n) is 2.44. The van der Waals surface area contributed by atoms with Gasteiger partial charge in [-0.05, 0) is 32.1 Å². The Labute approximate surface area is 160 Å². The topological polar surface area (TPSA) is 26.3 Å². The summed E-state index contributed by atoms with van der Waals surface area (Å²) in [5, 5.41) is 0. The van der Waals surface area contributed by atoms with Crippen molar-refractivity contribution in [2.45, 2.75) is 96.8 Å². The van der Waals surface area contributed by atoms with Crippen molar-refractivity contribution in [3.63, 3.8) is 0 Å². The van der Waals surface area contributed by atoms with Crippen LogP contribution in [0.3, 0.4) is 0 Å². The molecule has 0 fully saturated rings. The van der Waals surface area contributed by atoms with E-state index in [-0.39, 0.29) is 35.5 Å². The number of rotatable bonds is 15. The molecule has 2 nitrogen and oxygen atoms in total. The molecule has 22 heavy (non-hydrogen) atoms. The SMILES string of the molecule is CCCCCCCCC=CCCCCCCCC(=O)OC.[Na]. The quantitative estimate of drug-likeness (QED) is 0.165. The smallest absolute Gasteiger partial charge is 0.305 e. The van der Waals surface area contributed by atoms with Gasteiger partial charge in [-0.1, -0.05) is 70.4 Å². The number of esters is 1. The van der Waals surface area contributed by atoms with E-state index in [4.69, 9.17) is 0 Å². The van der Waals surface area contributed by atoms with E-state index in [1.165, 1.54) is 77.7 Å². The summed E-state index contributed by atoms with van der Waals surface area (Å²) >= 11 is 0. The summed E-state index contributed by atoms with van der Waals surface area (Å²) in [5.41, 5.74) is 0. The predicted molar refractivity (Wildman–Crippen MR) is 97.2 cm³/mol. The maximum Gasteiger partial charge on any atom is 0.305 e. The Balaban J connectivity index is 0. The molecule has 0 aliphatic heterocycles. The Morgan fingerprint density at radius 2 is 1.23 bits per heavy atom. The average molecular weight is 319 g/mol. The second-order valence-corrected chi connectivity index (χ2v) is 5.91. The van der Waals surface area contributed by atoms with Crippen LogP contribution in [0.4, 0.5) is 0 Å². The minimum Gasteiger partial charge on any atom is -0.469 e. The maximum absolute atomic E-state index is 10.9. The first-order valence-corrected chi connectivity index (χ1v) is 9.03. The zero-order chi connectivity index (χ0) is 15.6. The van der Waals surface area contributed by atoms with Crippen LogP contribution in [-0.2, 0) is 9.53 Å². The predicted octanol–water partition coefficient (Wildman–Crippen LogP) is 5.82. The van der Waals surface area contributed by atoms with Crippen LogP contribution < -0.4 is 0 Å². The van der Waals surface area contributed by atoms with Crippen molar-refractivity contribution in [2.24, 2.45) is 0 Å². The number of ether oxygens (including phenoxy) is 1. The Kier molecular flexibility index (Phi) is 23.6. The van der Waals surface area contributed by atoms with Gasteiger partial charge in [0.15, 0.2) is 0 Å². The van der Waals surface area contributed by atoms with E-state index < -0.39 is 0 Å². The van der Waals surface area contributed by atoms with Gasteiger partial charge in [0.25, 0.3) is 0 Å². The first-order chi connectivity index (χ1) is 10.3. The van der Waals surface area contributed by atoms with E-state index in [0.717, 1.165) is 12.8 Å². The number of hydrogen-bond acceptors (Lipinski definition) is 2. The van der Waals surface area contributed by atoms with Crippen molar-refractivity contribution in [3.05, 3.63) is 12.2 Å². The van der Waals surface area contributed by atoms with Gasteiger partial charge < -0.3 is 4.74 Å². The molecule has 1 radical (unpaired) electrons. The minimum atomic E-state index is -0.0763. The molecule has 3 heteroatoms. The van der Waals surface area contributed by atoms with Crippen LogP contribution in [0.15, 0.2) is 12.2 Å². The summed E-state index contributed by atoms with van der Waals surface area (Å²) in [5.74, 6) is -0.0763. The fraction of sp³-hybridized carbons (Fsp3) is 0.842. The molecule has 0 aliphatic rings. The van der Waals surface area contributed by atoms with Crippen molar-refractivity contribution < 1.29 is 9.53 Å². The van der Waals surface area contributed by atoms with Crippen LogP contribution in [0.5, 0.6) is 0 Å². The average Bonchev–Trinajstić information content (AvgIpc) is 2.50. The third-order valence-electron chi connectivity index (χ3n) is 3.87. The summed E-state index contributed by atoms with van der Waals surface area (Å²) in [6.45, 7) is 2.27. The van der Waals surface area contributed by atoms with Crippen molar-refractivity contribution in [1.82, 2.24) is 0 Å². The standard InChI is InChI=1S/C19H36O2.Na/c1-3-4-5-6-7-8-9-10-11-12-13-14-15-16-17-18-19(20)21-2;/h10-11H,3-9,12-18H2,1-2H3;. The molecule has 0 heterocycles. The van der Waals surface area contributed by atoms with E-state index in [1.807, 2.05) is 0 Å². The van der Waals surface area contributed by atoms with E-state index in [0.29, 0.717) is 6.42 Å². The zero-order valence-electron chi connectivity index (χ0n) is 15.4. The van der Waals surface area contributed by atoms with Gasteiger partial charge in [-0.25, -0.2) is 0 Å². The molecule has 0 bridgehead atoms. The summed E-state index contributed by atoms with van der Waals surface area (Å²) in [4.78, 5) is 10.9. The van der Waals surface area contributed by atoms with Crippen molar-refractivity contribution in [1.29, 1.82) is 0 Å². The van der Waals surface area contributed by atoms with Crippen LogP contribution in [0.2, 0.25) is 0 Å². The van der Waals surface area contributed by atoms with Gasteiger partial charge in [0.05, 0.1) is 7.11 Å². The number of hydrogen-bond donors (Lipinski definition) is 0. The molecule has 0 aliphatic carbocycles. The Morgan fingerprint density at radius 3 is 1.73 bits per heavy atom. The Hall–Kier alpha value is 0.210. The van der Waals surface area contributed by atoms with Crippen LogP contribution in [0.25, 0.3) is 0 Å². The van der Waals surface area contributed by atoms with E-state index in [2.05, 4.69) is 23.8 Å². The number of carbonyl (C=O) groups is 1. The molecule has 0 aromatic heterocycles. The van der Waals surface area contributed by atoms with Crippen LogP contribution in [0, 0.1) is 0 Å². The fourth-order valence-corrected chi connectivity index (χ4v) is 2.44. The molecule has 125 valence electrons. The number of allylic oxidation sites excluding steroid dienone is 2. The van der Waals surface area contributed by atoms with Gasteiger partial charge in [-0.3, -0.25) is 4.79 Å². The van der Waals surface area contributed by atoms with Crippen molar-refractivity contribution in [3.8, 4) is 0 Å². The minimum absolute atomic E-state index is 0. The van der Waals surface area contributed by atoms with E-state index in [9.17, 15) is 4.79 Å². The number of methoxy groups -OCH3 is 1. The normalized spacial score (nSPS) is 10.6. The molecule has 0 unspecified atom stereocenters. The number of unbranched alkanes of at least 4 members (excludes halogenated alkanes) is 11. The monoisotopic (exact) mass is 319 g/mol. The van der Waals surface area contributed by atoms with Crippen molar-refractivity contribution in [2.75, 3.05) is 7.11 Å². The molecule has 0 aromatic carbocycles. The zero-order valence-corrected chi connectivity index (χ0v) is 17.4. The third kappa shape index (κ3) is 20.2. The Morgan fingerprint density at radius 1 is 0.773 bits per heavy atom. The molecular weight excluding hydrogens is 283 g/mol.